The fraction of sp³-hybridized carbons (Fsp3) is 0.467. The smallest absolute Gasteiger partial charge is 0.189 e. The van der Waals surface area contributed by atoms with Crippen LogP contribution in [0.1, 0.15) is 18.9 Å². The van der Waals surface area contributed by atoms with Gasteiger partial charge in [0.15, 0.2) is 11.3 Å². The molecule has 2 rings (SSSR count). The Morgan fingerprint density at radius 3 is 2.54 bits per heavy atom. The van der Waals surface area contributed by atoms with Crippen LogP contribution in [-0.2, 0) is 4.74 Å². The Morgan fingerprint density at radius 2 is 1.92 bits per heavy atom. The number of halogens is 1. The highest BCUT2D eigenvalue weighted by molar-refractivity contribution is 7.80. The van der Waals surface area contributed by atoms with Gasteiger partial charge in [-0.25, -0.2) is 4.39 Å². The van der Waals surface area contributed by atoms with Gasteiger partial charge in [-0.3, -0.25) is 5.43 Å². The molecule has 9 heteroatoms. The van der Waals surface area contributed by atoms with Gasteiger partial charge in [-0.1, -0.05) is 19.1 Å². The molecule has 1 aromatic rings. The summed E-state index contributed by atoms with van der Waals surface area (Å²) in [5.41, 5.74) is 3.20. The van der Waals surface area contributed by atoms with Crippen LogP contribution in [0.2, 0.25) is 0 Å². The van der Waals surface area contributed by atoms with Crippen LogP contribution >= 0.6 is 12.2 Å². The summed E-state index contributed by atoms with van der Waals surface area (Å²) in [5, 5.41) is 36.2. The van der Waals surface area contributed by atoms with Crippen molar-refractivity contribution < 1.29 is 24.4 Å². The monoisotopic (exact) mass is 357 g/mol. The van der Waals surface area contributed by atoms with Crippen LogP contribution in [0.25, 0.3) is 0 Å². The van der Waals surface area contributed by atoms with Crippen molar-refractivity contribution in [3.63, 3.8) is 0 Å². The van der Waals surface area contributed by atoms with Gasteiger partial charge < -0.3 is 25.4 Å². The molecule has 132 valence electrons. The summed E-state index contributed by atoms with van der Waals surface area (Å²) >= 11 is 5.04. The van der Waals surface area contributed by atoms with E-state index in [0.717, 1.165) is 0 Å². The van der Waals surface area contributed by atoms with Crippen molar-refractivity contribution in [2.24, 2.45) is 5.10 Å². The maximum absolute atomic E-state index is 12.8. The van der Waals surface area contributed by atoms with Gasteiger partial charge >= 0.3 is 0 Å². The third-order valence-corrected chi connectivity index (χ3v) is 3.85. The molecule has 0 aromatic heterocycles. The minimum Gasteiger partial charge on any atom is -0.388 e. The molecule has 1 aliphatic rings. The fourth-order valence-electron chi connectivity index (χ4n) is 2.28. The van der Waals surface area contributed by atoms with E-state index in [-0.39, 0.29) is 10.9 Å². The first-order chi connectivity index (χ1) is 11.4. The second-order valence-electron chi connectivity index (χ2n) is 5.37. The van der Waals surface area contributed by atoms with E-state index in [0.29, 0.717) is 12.0 Å². The summed E-state index contributed by atoms with van der Waals surface area (Å²) in [6, 6.07) is 5.71. The van der Waals surface area contributed by atoms with Crippen molar-refractivity contribution in [2.45, 2.75) is 44.0 Å². The largest absolute Gasteiger partial charge is 0.388 e. The van der Waals surface area contributed by atoms with Crippen LogP contribution in [0, 0.1) is 5.82 Å². The zero-order valence-electron chi connectivity index (χ0n) is 13.0. The first kappa shape index (κ1) is 18.7. The van der Waals surface area contributed by atoms with Crippen molar-refractivity contribution >= 4 is 23.5 Å². The Labute approximate surface area is 144 Å². The Hall–Kier alpha value is -1.65. The Morgan fingerprint density at radius 1 is 1.25 bits per heavy atom. The first-order valence-corrected chi connectivity index (χ1v) is 7.88. The van der Waals surface area contributed by atoms with E-state index in [1.165, 1.54) is 18.3 Å². The maximum atomic E-state index is 12.8. The Bertz CT molecular complexity index is 585. The number of hydrogen-bond acceptors (Lipinski definition) is 6. The minimum absolute atomic E-state index is 0.0656. The lowest BCUT2D eigenvalue weighted by Crippen LogP contribution is -2.62. The molecule has 1 heterocycles. The summed E-state index contributed by atoms with van der Waals surface area (Å²) < 4.78 is 18.3. The quantitative estimate of drug-likeness (QED) is 0.290. The lowest BCUT2D eigenvalue weighted by Gasteiger charge is -2.40. The molecule has 0 bridgehead atoms. The second-order valence-corrected chi connectivity index (χ2v) is 5.78. The lowest BCUT2D eigenvalue weighted by atomic mass is 9.96. The van der Waals surface area contributed by atoms with Gasteiger partial charge in [0.05, 0.1) is 12.3 Å². The molecule has 7 nitrogen and oxygen atoms in total. The molecule has 5 atom stereocenters. The number of aliphatic hydroxyl groups excluding tert-OH is 3. The van der Waals surface area contributed by atoms with E-state index in [1.807, 2.05) is 0 Å². The zero-order valence-corrected chi connectivity index (χ0v) is 13.8. The Kier molecular flexibility index (Phi) is 6.58. The van der Waals surface area contributed by atoms with Crippen LogP contribution in [0.4, 0.5) is 4.39 Å². The zero-order chi connectivity index (χ0) is 17.7. The molecule has 1 fully saturated rings. The molecule has 0 spiro atoms. The molecule has 1 aliphatic heterocycles. The lowest BCUT2D eigenvalue weighted by molar-refractivity contribution is -0.225. The molecule has 1 saturated heterocycles. The molecule has 0 aliphatic carbocycles. The second kappa shape index (κ2) is 8.45. The van der Waals surface area contributed by atoms with Crippen molar-refractivity contribution in [1.29, 1.82) is 0 Å². The molecule has 1 aromatic carbocycles. The molecular formula is C15H20FN3O4S. The van der Waals surface area contributed by atoms with E-state index in [4.69, 9.17) is 17.0 Å². The molecular weight excluding hydrogens is 337 g/mol. The van der Waals surface area contributed by atoms with Crippen LogP contribution in [0.15, 0.2) is 29.4 Å². The SMILES string of the molecule is CC[C@H]1O[C@@H](NC(=S)N/N=C/c2ccc(F)cc2)[C@H](O)[C@@H](O)[C@@H]1O. The number of ether oxygens (including phenoxy) is 1. The third kappa shape index (κ3) is 4.68. The van der Waals surface area contributed by atoms with E-state index in [9.17, 15) is 19.7 Å². The predicted molar refractivity (Wildman–Crippen MR) is 89.8 cm³/mol. The standard InChI is InChI=1S/C15H20FN3O4S/c1-2-10-11(20)12(21)13(22)14(23-10)18-15(24)19-17-7-8-3-5-9(16)6-4-8/h3-7,10-14,20-22H,2H2,1H3,(H2,18,19,24)/b17-7+/t10-,11-,12+,13-,14-/m1/s1. The van der Waals surface area contributed by atoms with E-state index in [1.54, 1.807) is 19.1 Å². The van der Waals surface area contributed by atoms with E-state index < -0.39 is 30.6 Å². The highest BCUT2D eigenvalue weighted by Gasteiger charge is 2.43. The number of hydrazone groups is 1. The number of nitrogens with zero attached hydrogens (tertiary/aromatic N) is 1. The van der Waals surface area contributed by atoms with Gasteiger partial charge in [0.1, 0.15) is 24.1 Å². The summed E-state index contributed by atoms with van der Waals surface area (Å²) in [5.74, 6) is -0.341. The van der Waals surface area contributed by atoms with Gasteiger partial charge in [0, 0.05) is 0 Å². The summed E-state index contributed by atoms with van der Waals surface area (Å²) in [7, 11) is 0. The molecule has 24 heavy (non-hydrogen) atoms. The van der Waals surface area contributed by atoms with Gasteiger partial charge in [-0.15, -0.1) is 0 Å². The number of benzene rings is 1. The predicted octanol–water partition coefficient (Wildman–Crippen LogP) is -0.159. The van der Waals surface area contributed by atoms with Gasteiger partial charge in [0.25, 0.3) is 0 Å². The fourth-order valence-corrected chi connectivity index (χ4v) is 2.45. The van der Waals surface area contributed by atoms with Gasteiger partial charge in [-0.05, 0) is 36.3 Å². The average molecular weight is 357 g/mol. The van der Waals surface area contributed by atoms with Crippen LogP contribution in [0.3, 0.4) is 0 Å². The molecule has 0 unspecified atom stereocenters. The molecule has 5 N–H and O–H groups in total. The van der Waals surface area contributed by atoms with Crippen LogP contribution in [0.5, 0.6) is 0 Å². The van der Waals surface area contributed by atoms with Crippen molar-refractivity contribution in [1.82, 2.24) is 10.7 Å². The third-order valence-electron chi connectivity index (χ3n) is 3.64. The molecule has 0 amide bonds. The van der Waals surface area contributed by atoms with Crippen molar-refractivity contribution in [3.05, 3.63) is 35.6 Å². The van der Waals surface area contributed by atoms with Gasteiger partial charge in [-0.2, -0.15) is 5.10 Å². The minimum atomic E-state index is -1.34. The van der Waals surface area contributed by atoms with E-state index in [2.05, 4.69) is 15.8 Å². The highest BCUT2D eigenvalue weighted by atomic mass is 32.1. The number of rotatable bonds is 4. The number of aliphatic hydroxyl groups is 3. The summed E-state index contributed by atoms with van der Waals surface area (Å²) in [6.07, 6.45) is -3.54. The number of nitrogens with one attached hydrogen (secondary N) is 2. The normalized spacial score (nSPS) is 30.3. The highest BCUT2D eigenvalue weighted by Crippen LogP contribution is 2.21. The topological polar surface area (TPSA) is 106 Å². The van der Waals surface area contributed by atoms with Gasteiger partial charge in [0.2, 0.25) is 0 Å². The number of hydrogen-bond donors (Lipinski definition) is 5. The van der Waals surface area contributed by atoms with Crippen molar-refractivity contribution in [2.75, 3.05) is 0 Å². The summed E-state index contributed by atoms with van der Waals surface area (Å²) in [6.45, 7) is 1.79. The summed E-state index contributed by atoms with van der Waals surface area (Å²) in [4.78, 5) is 0. The van der Waals surface area contributed by atoms with Crippen LogP contribution < -0.4 is 10.7 Å². The maximum Gasteiger partial charge on any atom is 0.189 e. The van der Waals surface area contributed by atoms with Crippen LogP contribution in [-0.4, -0.2) is 57.3 Å². The average Bonchev–Trinajstić information content (AvgIpc) is 2.57. The Balaban J connectivity index is 1.88. The molecule has 0 radical (unpaired) electrons. The first-order valence-electron chi connectivity index (χ1n) is 7.47. The van der Waals surface area contributed by atoms with E-state index >= 15 is 0 Å². The molecule has 0 saturated carbocycles. The number of thiocarbonyl (C=S) groups is 1. The van der Waals surface area contributed by atoms with Crippen molar-refractivity contribution in [3.8, 4) is 0 Å².